The van der Waals surface area contributed by atoms with Gasteiger partial charge in [-0.2, -0.15) is 0 Å². The number of morpholine rings is 1. The van der Waals surface area contributed by atoms with Gasteiger partial charge in [0.2, 0.25) is 11.8 Å². The third kappa shape index (κ3) is 15.9. The lowest BCUT2D eigenvalue weighted by atomic mass is 10.2. The summed E-state index contributed by atoms with van der Waals surface area (Å²) in [6.07, 6.45) is 28.8. The van der Waals surface area contributed by atoms with Crippen LogP contribution in [0.15, 0.2) is 60.8 Å². The molecule has 1 heterocycles. The topological polar surface area (TPSA) is 84.7 Å². The van der Waals surface area contributed by atoms with Crippen LogP contribution in [0.1, 0.15) is 58.3 Å². The third-order valence-electron chi connectivity index (χ3n) is 5.24. The van der Waals surface area contributed by atoms with Crippen molar-refractivity contribution >= 4 is 11.8 Å². The van der Waals surface area contributed by atoms with E-state index in [0.29, 0.717) is 32.7 Å². The molecule has 33 heavy (non-hydrogen) atoms. The second-order valence-corrected chi connectivity index (χ2v) is 7.97. The van der Waals surface area contributed by atoms with E-state index in [1.165, 1.54) is 0 Å². The van der Waals surface area contributed by atoms with Crippen LogP contribution in [0.5, 0.6) is 0 Å². The number of allylic oxidation sites excluding steroid dienone is 10. The maximum absolute atomic E-state index is 12.1. The summed E-state index contributed by atoms with van der Waals surface area (Å²) in [5.74, 6) is -0.446. The lowest BCUT2D eigenvalue weighted by molar-refractivity contribution is -0.126. The predicted octanol–water partition coefficient (Wildman–Crippen LogP) is 4.21. The molecule has 184 valence electrons. The summed E-state index contributed by atoms with van der Waals surface area (Å²) in [6, 6.07) is -0.469. The van der Waals surface area contributed by atoms with Crippen molar-refractivity contribution in [2.24, 2.45) is 5.73 Å². The molecule has 1 saturated heterocycles. The van der Waals surface area contributed by atoms with Gasteiger partial charge in [0.15, 0.2) is 0 Å². The van der Waals surface area contributed by atoms with E-state index in [4.69, 9.17) is 10.5 Å². The number of carbonyl (C=O) groups excluding carboxylic acids is 2. The van der Waals surface area contributed by atoms with Gasteiger partial charge in [-0.05, 0) is 44.9 Å². The largest absolute Gasteiger partial charge is 0.379 e. The van der Waals surface area contributed by atoms with E-state index in [0.717, 1.165) is 44.9 Å². The molecule has 1 fully saturated rings. The second kappa shape index (κ2) is 20.2. The molecule has 1 atom stereocenters. The molecule has 6 nitrogen and oxygen atoms in total. The van der Waals surface area contributed by atoms with Crippen LogP contribution in [0.2, 0.25) is 0 Å². The Hall–Kier alpha value is -2.44. The first-order valence-corrected chi connectivity index (χ1v) is 12.3. The van der Waals surface area contributed by atoms with Crippen LogP contribution in [0, 0.1) is 0 Å². The van der Waals surface area contributed by atoms with Crippen molar-refractivity contribution in [3.05, 3.63) is 60.8 Å². The Morgan fingerprint density at radius 2 is 1.39 bits per heavy atom. The molecule has 0 spiro atoms. The average Bonchev–Trinajstić information content (AvgIpc) is 2.81. The number of ether oxygens (including phenoxy) is 1. The van der Waals surface area contributed by atoms with Crippen molar-refractivity contribution < 1.29 is 14.3 Å². The molecule has 1 aliphatic rings. The number of hydrogen-bond donors (Lipinski definition) is 2. The molecule has 1 unspecified atom stereocenters. The van der Waals surface area contributed by atoms with Gasteiger partial charge < -0.3 is 15.8 Å². The first-order valence-electron chi connectivity index (χ1n) is 12.3. The van der Waals surface area contributed by atoms with Crippen molar-refractivity contribution in [2.75, 3.05) is 32.8 Å². The highest BCUT2D eigenvalue weighted by molar-refractivity contribution is 5.82. The first-order chi connectivity index (χ1) is 16.1. The summed E-state index contributed by atoms with van der Waals surface area (Å²) in [4.78, 5) is 25.7. The number of nitrogens with one attached hydrogen (secondary N) is 1. The lowest BCUT2D eigenvalue weighted by Gasteiger charge is -2.32. The van der Waals surface area contributed by atoms with Gasteiger partial charge in [-0.15, -0.1) is 0 Å². The minimum atomic E-state index is -0.469. The van der Waals surface area contributed by atoms with Crippen molar-refractivity contribution in [2.45, 2.75) is 64.3 Å². The molecule has 0 radical (unpaired) electrons. The Labute approximate surface area is 200 Å². The maximum atomic E-state index is 12.1. The molecular formula is C27H43N3O3. The molecule has 0 aromatic heterocycles. The van der Waals surface area contributed by atoms with Crippen molar-refractivity contribution in [3.63, 3.8) is 0 Å². The molecule has 2 amide bonds. The molecule has 0 aromatic carbocycles. The van der Waals surface area contributed by atoms with E-state index in [1.54, 1.807) is 0 Å². The van der Waals surface area contributed by atoms with E-state index in [9.17, 15) is 9.59 Å². The Balaban J connectivity index is 2.05. The zero-order valence-electron chi connectivity index (χ0n) is 20.3. The normalized spacial score (nSPS) is 16.6. The van der Waals surface area contributed by atoms with E-state index in [1.807, 2.05) is 4.90 Å². The molecule has 1 aliphatic heterocycles. The van der Waals surface area contributed by atoms with Gasteiger partial charge in [0.1, 0.15) is 6.04 Å². The first kappa shape index (κ1) is 28.6. The van der Waals surface area contributed by atoms with E-state index < -0.39 is 11.9 Å². The number of unbranched alkanes of at least 4 members (excludes halogenated alkanes) is 1. The average molecular weight is 458 g/mol. The van der Waals surface area contributed by atoms with Crippen LogP contribution in [-0.2, 0) is 14.3 Å². The van der Waals surface area contributed by atoms with Crippen molar-refractivity contribution in [3.8, 4) is 0 Å². The standard InChI is InChI=1S/C27H43N3O3/c1-2-3-4-5-6-7-8-9-10-11-12-13-14-15-16-17-18-19-26(31)29-24-25(27(28)32)30-20-22-33-23-21-30/h3-4,6-7,9-10,12-13,15-16,25H,2,5,8,11,14,17-24H2,1H3,(H2,28,32)(H,29,31)/b4-3-,7-6?,10-9?,13-12-,16-15-. The highest BCUT2D eigenvalue weighted by Crippen LogP contribution is 2.04. The number of carbonyl (C=O) groups is 2. The zero-order chi connectivity index (χ0) is 24.0. The van der Waals surface area contributed by atoms with Gasteiger partial charge in [-0.1, -0.05) is 67.7 Å². The number of hydrogen-bond acceptors (Lipinski definition) is 4. The Morgan fingerprint density at radius 1 is 0.879 bits per heavy atom. The van der Waals surface area contributed by atoms with E-state index in [-0.39, 0.29) is 12.5 Å². The fourth-order valence-electron chi connectivity index (χ4n) is 3.35. The monoisotopic (exact) mass is 457 g/mol. The number of primary amides is 1. The molecular weight excluding hydrogens is 414 g/mol. The fraction of sp³-hybridized carbons (Fsp3) is 0.556. The number of nitrogens with two attached hydrogens (primary N) is 1. The highest BCUT2D eigenvalue weighted by Gasteiger charge is 2.25. The minimum absolute atomic E-state index is 0.0399. The summed E-state index contributed by atoms with van der Waals surface area (Å²) in [6.45, 7) is 4.90. The van der Waals surface area contributed by atoms with Gasteiger partial charge >= 0.3 is 0 Å². The van der Waals surface area contributed by atoms with E-state index >= 15 is 0 Å². The fourth-order valence-corrected chi connectivity index (χ4v) is 3.35. The predicted molar refractivity (Wildman–Crippen MR) is 137 cm³/mol. The van der Waals surface area contributed by atoms with Gasteiger partial charge in [0, 0.05) is 26.1 Å². The van der Waals surface area contributed by atoms with Crippen LogP contribution in [0.3, 0.4) is 0 Å². The van der Waals surface area contributed by atoms with Crippen LogP contribution in [-0.4, -0.2) is 55.6 Å². The summed E-state index contributed by atoms with van der Waals surface area (Å²) in [5, 5.41) is 2.84. The Bertz CT molecular complexity index is 674. The molecule has 3 N–H and O–H groups in total. The summed E-state index contributed by atoms with van der Waals surface area (Å²) in [5.41, 5.74) is 5.50. The van der Waals surface area contributed by atoms with E-state index in [2.05, 4.69) is 73.0 Å². The minimum Gasteiger partial charge on any atom is -0.379 e. The quantitative estimate of drug-likeness (QED) is 0.253. The SMILES string of the molecule is CC/C=C\CC=CCC=CC/C=C\C/C=C\CCCC(=O)NCC(C(N)=O)N1CCOCC1. The summed E-state index contributed by atoms with van der Waals surface area (Å²) >= 11 is 0. The number of nitrogens with zero attached hydrogens (tertiary/aromatic N) is 1. The highest BCUT2D eigenvalue weighted by atomic mass is 16.5. The van der Waals surface area contributed by atoms with Crippen molar-refractivity contribution in [1.82, 2.24) is 10.2 Å². The third-order valence-corrected chi connectivity index (χ3v) is 5.24. The summed E-state index contributed by atoms with van der Waals surface area (Å²) in [7, 11) is 0. The second-order valence-electron chi connectivity index (χ2n) is 7.97. The smallest absolute Gasteiger partial charge is 0.236 e. The van der Waals surface area contributed by atoms with Crippen LogP contribution in [0.25, 0.3) is 0 Å². The van der Waals surface area contributed by atoms with Crippen LogP contribution < -0.4 is 11.1 Å². The van der Waals surface area contributed by atoms with Crippen molar-refractivity contribution in [1.29, 1.82) is 0 Å². The van der Waals surface area contributed by atoms with Crippen LogP contribution in [0.4, 0.5) is 0 Å². The lowest BCUT2D eigenvalue weighted by Crippen LogP contribution is -2.54. The molecule has 6 heteroatoms. The zero-order valence-corrected chi connectivity index (χ0v) is 20.3. The summed E-state index contributed by atoms with van der Waals surface area (Å²) < 4.78 is 5.30. The van der Waals surface area contributed by atoms with Gasteiger partial charge in [-0.3, -0.25) is 14.5 Å². The molecule has 0 aliphatic carbocycles. The van der Waals surface area contributed by atoms with Gasteiger partial charge in [-0.25, -0.2) is 0 Å². The Kier molecular flexibility index (Phi) is 17.5. The molecule has 1 rings (SSSR count). The molecule has 0 bridgehead atoms. The van der Waals surface area contributed by atoms with Gasteiger partial charge in [0.05, 0.1) is 13.2 Å². The molecule has 0 saturated carbocycles. The number of rotatable bonds is 17. The maximum Gasteiger partial charge on any atom is 0.236 e. The number of amides is 2. The molecule has 0 aromatic rings. The van der Waals surface area contributed by atoms with Crippen LogP contribution >= 0.6 is 0 Å². The Morgan fingerprint density at radius 3 is 1.91 bits per heavy atom. The van der Waals surface area contributed by atoms with Gasteiger partial charge in [0.25, 0.3) is 0 Å².